The van der Waals surface area contributed by atoms with Gasteiger partial charge in [-0.3, -0.25) is 35.1 Å². The van der Waals surface area contributed by atoms with Gasteiger partial charge in [0.2, 0.25) is 0 Å². The first kappa shape index (κ1) is 19.3. The number of benzene rings is 2. The summed E-state index contributed by atoms with van der Waals surface area (Å²) in [6.45, 7) is 0. The van der Waals surface area contributed by atoms with Gasteiger partial charge in [0.15, 0.2) is 5.65 Å². The van der Waals surface area contributed by atoms with Crippen molar-refractivity contribution in [2.24, 2.45) is 0 Å². The van der Waals surface area contributed by atoms with E-state index in [1.165, 1.54) is 24.3 Å². The molecule has 0 saturated heterocycles. The number of non-ortho nitro benzene ring substituents is 2. The summed E-state index contributed by atoms with van der Waals surface area (Å²) >= 11 is 0. The van der Waals surface area contributed by atoms with Crippen molar-refractivity contribution in [3.8, 4) is 17.1 Å². The molecule has 0 spiro atoms. The molecule has 0 amide bonds. The first-order valence-electron chi connectivity index (χ1n) is 8.42. The lowest BCUT2D eigenvalue weighted by Crippen LogP contribution is -2.10. The third kappa shape index (κ3) is 3.33. The molecule has 0 saturated carbocycles. The topological polar surface area (TPSA) is 193 Å². The monoisotopic (exact) mass is 423 g/mol. The number of nitrogens with one attached hydrogen (secondary N) is 1. The zero-order valence-electron chi connectivity index (χ0n) is 15.2. The number of aromatic amines is 1. The molecule has 154 valence electrons. The van der Waals surface area contributed by atoms with E-state index in [4.69, 9.17) is 0 Å². The Morgan fingerprint density at radius 2 is 1.52 bits per heavy atom. The van der Waals surface area contributed by atoms with Gasteiger partial charge in [-0.1, -0.05) is 0 Å². The normalized spacial score (nSPS) is 10.8. The lowest BCUT2D eigenvalue weighted by molar-refractivity contribution is -0.394. The second-order valence-electron chi connectivity index (χ2n) is 6.20. The maximum absolute atomic E-state index is 12.5. The second-order valence-corrected chi connectivity index (χ2v) is 6.20. The highest BCUT2D eigenvalue weighted by Crippen LogP contribution is 2.29. The molecular weight excluding hydrogens is 414 g/mol. The number of aromatic nitrogens is 4. The van der Waals surface area contributed by atoms with Crippen LogP contribution in [0.25, 0.3) is 28.1 Å². The third-order valence-electron chi connectivity index (χ3n) is 4.38. The van der Waals surface area contributed by atoms with E-state index < -0.39 is 31.7 Å². The summed E-state index contributed by atoms with van der Waals surface area (Å²) in [7, 11) is 0. The molecule has 0 aliphatic heterocycles. The van der Waals surface area contributed by atoms with Gasteiger partial charge in [-0.05, 0) is 18.2 Å². The average Bonchev–Trinajstić information content (AvgIpc) is 3.17. The Kier molecular flexibility index (Phi) is 4.43. The number of nitrogens with zero attached hydrogens (tertiary/aromatic N) is 6. The molecule has 0 aliphatic rings. The number of hydrogen-bond donors (Lipinski definition) is 1. The van der Waals surface area contributed by atoms with Crippen LogP contribution in [0, 0.1) is 30.3 Å². The van der Waals surface area contributed by atoms with Crippen molar-refractivity contribution in [1.82, 2.24) is 19.7 Å². The van der Waals surface area contributed by atoms with Crippen LogP contribution < -0.4 is 5.56 Å². The van der Waals surface area contributed by atoms with Crippen LogP contribution >= 0.6 is 0 Å². The minimum absolute atomic E-state index is 0.0262. The van der Waals surface area contributed by atoms with Gasteiger partial charge in [-0.25, -0.2) is 9.67 Å². The summed E-state index contributed by atoms with van der Waals surface area (Å²) < 4.78 is 1.03. The van der Waals surface area contributed by atoms with E-state index in [-0.39, 0.29) is 28.2 Å². The molecule has 0 radical (unpaired) electrons. The Bertz CT molecular complexity index is 1440. The number of hydrogen-bond acceptors (Lipinski definition) is 9. The fourth-order valence-electron chi connectivity index (χ4n) is 2.92. The Hall–Kier alpha value is -5.01. The number of H-pyrrole nitrogens is 1. The van der Waals surface area contributed by atoms with Crippen molar-refractivity contribution in [3.05, 3.63) is 89.4 Å². The van der Waals surface area contributed by atoms with Crippen LogP contribution in [0.5, 0.6) is 0 Å². The summed E-state index contributed by atoms with van der Waals surface area (Å²) in [6, 6.07) is 8.23. The van der Waals surface area contributed by atoms with Crippen molar-refractivity contribution < 1.29 is 14.8 Å². The third-order valence-corrected chi connectivity index (χ3v) is 4.38. The predicted octanol–water partition coefficient (Wildman–Crippen LogP) is 2.50. The van der Waals surface area contributed by atoms with Gasteiger partial charge >= 0.3 is 5.69 Å². The van der Waals surface area contributed by atoms with E-state index >= 15 is 0 Å². The minimum Gasteiger partial charge on any atom is -0.306 e. The summed E-state index contributed by atoms with van der Waals surface area (Å²) in [5.41, 5.74) is -1.63. The molecule has 2 heterocycles. The molecular formula is C17H9N7O7. The first-order chi connectivity index (χ1) is 14.8. The average molecular weight is 423 g/mol. The lowest BCUT2D eigenvalue weighted by Gasteiger charge is -2.06. The van der Waals surface area contributed by atoms with Crippen LogP contribution in [0.4, 0.5) is 17.1 Å². The van der Waals surface area contributed by atoms with E-state index in [0.29, 0.717) is 5.56 Å². The van der Waals surface area contributed by atoms with Crippen molar-refractivity contribution >= 4 is 28.1 Å². The molecule has 0 bridgehead atoms. The van der Waals surface area contributed by atoms with Crippen LogP contribution in [-0.2, 0) is 0 Å². The molecule has 14 nitrogen and oxygen atoms in total. The largest absolute Gasteiger partial charge is 0.306 e. The molecule has 0 atom stereocenters. The molecule has 2 aromatic carbocycles. The van der Waals surface area contributed by atoms with Crippen LogP contribution in [0.15, 0.2) is 53.5 Å². The zero-order chi connectivity index (χ0) is 22.3. The molecule has 0 aliphatic carbocycles. The van der Waals surface area contributed by atoms with Crippen LogP contribution in [0.3, 0.4) is 0 Å². The smallest absolute Gasteiger partial charge is 0.301 e. The van der Waals surface area contributed by atoms with Gasteiger partial charge in [-0.15, -0.1) is 0 Å². The Morgan fingerprint density at radius 1 is 0.871 bits per heavy atom. The fraction of sp³-hybridized carbons (Fsp3) is 0. The van der Waals surface area contributed by atoms with E-state index in [0.717, 1.165) is 29.1 Å². The highest BCUT2D eigenvalue weighted by molar-refractivity contribution is 5.78. The molecule has 0 unspecified atom stereocenters. The lowest BCUT2D eigenvalue weighted by atomic mass is 10.2. The molecule has 1 N–H and O–H groups in total. The summed E-state index contributed by atoms with van der Waals surface area (Å²) in [6.07, 6.45) is 1.16. The van der Waals surface area contributed by atoms with Gasteiger partial charge in [-0.2, -0.15) is 5.10 Å². The van der Waals surface area contributed by atoms with E-state index in [1.54, 1.807) is 0 Å². The molecule has 14 heteroatoms. The Labute approximate surface area is 169 Å². The van der Waals surface area contributed by atoms with Gasteiger partial charge in [0, 0.05) is 23.8 Å². The van der Waals surface area contributed by atoms with E-state index in [2.05, 4.69) is 15.1 Å². The molecule has 31 heavy (non-hydrogen) atoms. The van der Waals surface area contributed by atoms with Crippen molar-refractivity contribution in [2.45, 2.75) is 0 Å². The SMILES string of the molecule is O=c1[nH]c(-c2ccc([N+](=O)[O-])cc2)nc2c1cnn2-c1ccc([N+](=O)[O-])cc1[N+](=O)[O-]. The number of fused-ring (bicyclic) bond motifs is 1. The van der Waals surface area contributed by atoms with Crippen LogP contribution in [-0.4, -0.2) is 34.5 Å². The van der Waals surface area contributed by atoms with Crippen LogP contribution in [0.1, 0.15) is 0 Å². The molecule has 2 aromatic heterocycles. The van der Waals surface area contributed by atoms with Gasteiger partial charge < -0.3 is 4.98 Å². The summed E-state index contributed by atoms with van der Waals surface area (Å²) in [4.78, 5) is 50.4. The standard InChI is InChI=1S/C17H9N7O7/c25-17-12-8-18-21(13-6-5-11(23(28)29)7-14(13)24(30)31)16(12)19-15(20-17)9-1-3-10(4-2-9)22(26)27/h1-8H,(H,19,20,25). The summed E-state index contributed by atoms with van der Waals surface area (Å²) in [5.74, 6) is 0.0544. The quantitative estimate of drug-likeness (QED) is 0.370. The van der Waals surface area contributed by atoms with Gasteiger partial charge in [0.1, 0.15) is 16.9 Å². The van der Waals surface area contributed by atoms with E-state index in [9.17, 15) is 35.1 Å². The second kappa shape index (κ2) is 7.11. The van der Waals surface area contributed by atoms with E-state index in [1.807, 2.05) is 0 Å². The Balaban J connectivity index is 1.91. The highest BCUT2D eigenvalue weighted by Gasteiger charge is 2.23. The minimum atomic E-state index is -0.805. The Morgan fingerprint density at radius 3 is 2.13 bits per heavy atom. The number of nitro groups is 3. The maximum atomic E-state index is 12.5. The summed E-state index contributed by atoms with van der Waals surface area (Å²) in [5, 5.41) is 37.3. The highest BCUT2D eigenvalue weighted by atomic mass is 16.6. The molecule has 0 fully saturated rings. The maximum Gasteiger partial charge on any atom is 0.301 e. The van der Waals surface area contributed by atoms with Crippen molar-refractivity contribution in [2.75, 3.05) is 0 Å². The van der Waals surface area contributed by atoms with Gasteiger partial charge in [0.05, 0.1) is 27.0 Å². The van der Waals surface area contributed by atoms with Crippen molar-refractivity contribution in [3.63, 3.8) is 0 Å². The number of nitro benzene ring substituents is 3. The predicted molar refractivity (Wildman–Crippen MR) is 105 cm³/mol. The zero-order valence-corrected chi connectivity index (χ0v) is 15.2. The fourth-order valence-corrected chi connectivity index (χ4v) is 2.92. The number of rotatable bonds is 5. The van der Waals surface area contributed by atoms with Crippen molar-refractivity contribution in [1.29, 1.82) is 0 Å². The van der Waals surface area contributed by atoms with Crippen LogP contribution in [0.2, 0.25) is 0 Å². The molecule has 4 aromatic rings. The molecule has 4 rings (SSSR count). The van der Waals surface area contributed by atoms with Gasteiger partial charge in [0.25, 0.3) is 16.9 Å². The first-order valence-corrected chi connectivity index (χ1v) is 8.42.